The molecule has 3 fully saturated rings. The number of hydrogen-bond donors (Lipinski definition) is 1. The zero-order valence-electron chi connectivity index (χ0n) is 17.1. The van der Waals surface area contributed by atoms with Gasteiger partial charge in [-0.15, -0.1) is 0 Å². The Bertz CT molecular complexity index is 1080. The molecule has 3 heterocycles. The van der Waals surface area contributed by atoms with Crippen LogP contribution in [0.15, 0.2) is 36.4 Å². The molecular weight excluding hydrogens is 425 g/mol. The van der Waals surface area contributed by atoms with Gasteiger partial charge in [-0.05, 0) is 48.7 Å². The number of halogens is 3. The standard InChI is InChI=1S/C23H21F3N2O4/c24-14-9-13(10-15(25)11-14)19-3-4-20-28(19)22(31)23(32-20)5-7-27(8-6-23)21(30)17-12-16(29)1-2-18(17)26/h1-2,9-12,19-20,29H,3-8H2. The third-order valence-electron chi connectivity index (χ3n) is 6.63. The van der Waals surface area contributed by atoms with Gasteiger partial charge in [0.2, 0.25) is 0 Å². The summed E-state index contributed by atoms with van der Waals surface area (Å²) in [7, 11) is 0. The summed E-state index contributed by atoms with van der Waals surface area (Å²) in [5.74, 6) is -3.14. The van der Waals surface area contributed by atoms with Crippen LogP contribution in [-0.4, -0.2) is 51.6 Å². The Morgan fingerprint density at radius 3 is 2.41 bits per heavy atom. The molecule has 2 aromatic carbocycles. The lowest BCUT2D eigenvalue weighted by Crippen LogP contribution is -2.51. The summed E-state index contributed by atoms with van der Waals surface area (Å²) in [6.45, 7) is 0.360. The van der Waals surface area contributed by atoms with E-state index in [0.717, 1.165) is 24.3 Å². The monoisotopic (exact) mass is 446 g/mol. The van der Waals surface area contributed by atoms with Crippen molar-refractivity contribution in [1.82, 2.24) is 9.80 Å². The average Bonchev–Trinajstić information content (AvgIpc) is 3.27. The highest BCUT2D eigenvalue weighted by molar-refractivity contribution is 5.95. The van der Waals surface area contributed by atoms with Crippen molar-refractivity contribution in [3.05, 3.63) is 65.0 Å². The number of hydrogen-bond acceptors (Lipinski definition) is 4. The Hall–Kier alpha value is -3.07. The number of fused-ring (bicyclic) bond motifs is 1. The van der Waals surface area contributed by atoms with Crippen LogP contribution in [0.3, 0.4) is 0 Å². The number of amides is 2. The minimum absolute atomic E-state index is 0.180. The minimum atomic E-state index is -1.11. The molecule has 2 aromatic rings. The molecule has 3 aliphatic heterocycles. The second-order valence-corrected chi connectivity index (χ2v) is 8.53. The maximum absolute atomic E-state index is 14.1. The summed E-state index contributed by atoms with van der Waals surface area (Å²) in [6, 6.07) is 6.06. The molecule has 3 aliphatic rings. The maximum atomic E-state index is 14.1. The fraction of sp³-hybridized carbons (Fsp3) is 0.391. The van der Waals surface area contributed by atoms with Crippen LogP contribution in [-0.2, 0) is 9.53 Å². The van der Waals surface area contributed by atoms with E-state index in [-0.39, 0.29) is 43.2 Å². The van der Waals surface area contributed by atoms with Crippen molar-refractivity contribution in [1.29, 1.82) is 0 Å². The molecule has 2 amide bonds. The number of carbonyl (C=O) groups excluding carboxylic acids is 2. The summed E-state index contributed by atoms with van der Waals surface area (Å²) in [5, 5.41) is 9.58. The zero-order valence-corrected chi connectivity index (χ0v) is 17.1. The predicted molar refractivity (Wildman–Crippen MR) is 106 cm³/mol. The summed E-state index contributed by atoms with van der Waals surface area (Å²) in [4.78, 5) is 29.1. The first-order valence-electron chi connectivity index (χ1n) is 10.5. The van der Waals surface area contributed by atoms with Crippen LogP contribution >= 0.6 is 0 Å². The number of nitrogens with zero attached hydrogens (tertiary/aromatic N) is 2. The highest BCUT2D eigenvalue weighted by Crippen LogP contribution is 2.47. The van der Waals surface area contributed by atoms with Gasteiger partial charge in [0, 0.05) is 32.0 Å². The lowest BCUT2D eigenvalue weighted by molar-refractivity contribution is -0.142. The number of likely N-dealkylation sites (tertiary alicyclic amines) is 1. The number of ether oxygens (including phenoxy) is 1. The first-order chi connectivity index (χ1) is 15.3. The van der Waals surface area contributed by atoms with Crippen molar-refractivity contribution in [3.8, 4) is 5.75 Å². The van der Waals surface area contributed by atoms with Gasteiger partial charge in [-0.3, -0.25) is 9.59 Å². The highest BCUT2D eigenvalue weighted by Gasteiger charge is 2.58. The molecular formula is C23H21F3N2O4. The maximum Gasteiger partial charge on any atom is 0.257 e. The lowest BCUT2D eigenvalue weighted by Gasteiger charge is -2.37. The summed E-state index contributed by atoms with van der Waals surface area (Å²) < 4.78 is 47.7. The fourth-order valence-electron chi connectivity index (χ4n) is 5.06. The number of phenolic OH excluding ortho intramolecular Hbond substituents is 1. The normalized spacial score (nSPS) is 24.3. The molecule has 1 spiro atoms. The van der Waals surface area contributed by atoms with Gasteiger partial charge in [-0.25, -0.2) is 13.2 Å². The molecule has 1 N–H and O–H groups in total. The van der Waals surface area contributed by atoms with Crippen LogP contribution in [0.4, 0.5) is 13.2 Å². The Kier molecular flexibility index (Phi) is 4.88. The van der Waals surface area contributed by atoms with Gasteiger partial charge in [-0.1, -0.05) is 0 Å². The van der Waals surface area contributed by atoms with Crippen LogP contribution in [0, 0.1) is 17.5 Å². The molecule has 2 unspecified atom stereocenters. The number of phenols is 1. The van der Waals surface area contributed by atoms with Crippen LogP contribution in [0.25, 0.3) is 0 Å². The van der Waals surface area contributed by atoms with E-state index in [1.54, 1.807) is 4.90 Å². The molecule has 0 bridgehead atoms. The summed E-state index contributed by atoms with van der Waals surface area (Å²) in [6.07, 6.45) is 1.07. The number of aromatic hydroxyl groups is 1. The quantitative estimate of drug-likeness (QED) is 0.767. The first-order valence-corrected chi connectivity index (χ1v) is 10.5. The summed E-state index contributed by atoms with van der Waals surface area (Å²) >= 11 is 0. The predicted octanol–water partition coefficient (Wildman–Crippen LogP) is 3.50. The van der Waals surface area contributed by atoms with Gasteiger partial charge < -0.3 is 19.6 Å². The molecule has 0 saturated carbocycles. The number of piperidine rings is 1. The van der Waals surface area contributed by atoms with Gasteiger partial charge in [-0.2, -0.15) is 0 Å². The van der Waals surface area contributed by atoms with Gasteiger partial charge in [0.1, 0.15) is 29.4 Å². The molecule has 0 aliphatic carbocycles. The minimum Gasteiger partial charge on any atom is -0.508 e. The SMILES string of the molecule is O=C(c1cc(O)ccc1F)N1CCC2(CC1)OC1CCC(c3cc(F)cc(F)c3)N1C2=O. The number of carbonyl (C=O) groups is 2. The Morgan fingerprint density at radius 2 is 1.72 bits per heavy atom. The zero-order chi connectivity index (χ0) is 22.6. The molecule has 168 valence electrons. The number of rotatable bonds is 2. The molecule has 0 aromatic heterocycles. The second kappa shape index (κ2) is 7.51. The van der Waals surface area contributed by atoms with Crippen molar-refractivity contribution in [3.63, 3.8) is 0 Å². The van der Waals surface area contributed by atoms with Gasteiger partial charge in [0.05, 0.1) is 11.6 Å². The third-order valence-corrected chi connectivity index (χ3v) is 6.63. The summed E-state index contributed by atoms with van der Waals surface area (Å²) in [5.41, 5.74) is -0.942. The average molecular weight is 446 g/mol. The van der Waals surface area contributed by atoms with Gasteiger partial charge in [0.15, 0.2) is 5.60 Å². The van der Waals surface area contributed by atoms with Crippen LogP contribution in [0.1, 0.15) is 47.6 Å². The topological polar surface area (TPSA) is 70.1 Å². The van der Waals surface area contributed by atoms with E-state index in [1.165, 1.54) is 17.0 Å². The second-order valence-electron chi connectivity index (χ2n) is 8.53. The van der Waals surface area contributed by atoms with E-state index < -0.39 is 41.2 Å². The van der Waals surface area contributed by atoms with E-state index >= 15 is 0 Å². The van der Waals surface area contributed by atoms with E-state index in [2.05, 4.69) is 0 Å². The number of benzene rings is 2. The van der Waals surface area contributed by atoms with Crippen LogP contribution in [0.2, 0.25) is 0 Å². The van der Waals surface area contributed by atoms with Crippen LogP contribution in [0.5, 0.6) is 5.75 Å². The molecule has 2 atom stereocenters. The molecule has 32 heavy (non-hydrogen) atoms. The van der Waals surface area contributed by atoms with Gasteiger partial charge in [0.25, 0.3) is 11.8 Å². The van der Waals surface area contributed by atoms with E-state index in [9.17, 15) is 27.9 Å². The van der Waals surface area contributed by atoms with Crippen molar-refractivity contribution >= 4 is 11.8 Å². The molecule has 6 nitrogen and oxygen atoms in total. The molecule has 0 radical (unpaired) electrons. The van der Waals surface area contributed by atoms with Crippen LogP contribution < -0.4 is 0 Å². The Morgan fingerprint density at radius 1 is 1.03 bits per heavy atom. The largest absolute Gasteiger partial charge is 0.508 e. The smallest absolute Gasteiger partial charge is 0.257 e. The van der Waals surface area contributed by atoms with Gasteiger partial charge >= 0.3 is 0 Å². The molecule has 5 rings (SSSR count). The fourth-order valence-corrected chi connectivity index (χ4v) is 5.06. The molecule has 3 saturated heterocycles. The van der Waals surface area contributed by atoms with Crippen molar-refractivity contribution in [2.75, 3.05) is 13.1 Å². The third kappa shape index (κ3) is 3.31. The molecule has 9 heteroatoms. The van der Waals surface area contributed by atoms with E-state index in [1.807, 2.05) is 0 Å². The Balaban J connectivity index is 1.32. The van der Waals surface area contributed by atoms with Crippen molar-refractivity contribution in [2.45, 2.75) is 43.6 Å². The lowest BCUT2D eigenvalue weighted by atomic mass is 9.89. The first kappa shape index (κ1) is 20.8. The van der Waals surface area contributed by atoms with Crippen molar-refractivity contribution in [2.24, 2.45) is 0 Å². The van der Waals surface area contributed by atoms with E-state index in [4.69, 9.17) is 4.74 Å². The Labute approximate surface area is 182 Å². The van der Waals surface area contributed by atoms with E-state index in [0.29, 0.717) is 18.4 Å². The highest BCUT2D eigenvalue weighted by atomic mass is 19.1. The van der Waals surface area contributed by atoms with Crippen molar-refractivity contribution < 1.29 is 32.6 Å².